The van der Waals surface area contributed by atoms with Crippen molar-refractivity contribution in [1.29, 1.82) is 0 Å². The average molecular weight is 645 g/mol. The van der Waals surface area contributed by atoms with Crippen LogP contribution in [0.2, 0.25) is 0 Å². The highest BCUT2D eigenvalue weighted by Gasteiger charge is 2.73. The summed E-state index contributed by atoms with van der Waals surface area (Å²) in [6.07, 6.45) is -6.88. The van der Waals surface area contributed by atoms with E-state index in [1.54, 1.807) is 0 Å². The van der Waals surface area contributed by atoms with Gasteiger partial charge in [-0.1, -0.05) is 0 Å². The quantitative estimate of drug-likeness (QED) is 0.126. The minimum Gasteiger partial charge on any atom is -0.388 e. The molecule has 0 saturated carbocycles. The van der Waals surface area contributed by atoms with Gasteiger partial charge in [-0.15, -0.1) is 5.10 Å². The van der Waals surface area contributed by atoms with Crippen LogP contribution in [-0.4, -0.2) is 72.0 Å². The topological polar surface area (TPSA) is 172 Å². The zero-order chi connectivity index (χ0) is 32.5. The lowest BCUT2D eigenvalue weighted by Gasteiger charge is -2.28. The standard InChI is InChI=1S/C22H19F8N7O5S/c1-19(2,39)9-42-4-3-36-18(33-34-35-36)43-16-12(6-11(37(40)41)7-13(16)17(31)38)15-14(23)5-10(8-32-15)20(24,25)21(26,27)22(28,29)30/h5-8,39H,3-4,9H2,1-2H3,(H2,31,38). The Balaban J connectivity index is 2.13. The van der Waals surface area contributed by atoms with Gasteiger partial charge in [0, 0.05) is 34.4 Å². The first-order valence-electron chi connectivity index (χ1n) is 11.5. The number of tetrazole rings is 1. The molecule has 21 heteroatoms. The lowest BCUT2D eigenvalue weighted by atomic mass is 10.0. The van der Waals surface area contributed by atoms with Gasteiger partial charge in [0.15, 0.2) is 0 Å². The Morgan fingerprint density at radius 3 is 2.35 bits per heavy atom. The van der Waals surface area contributed by atoms with Gasteiger partial charge >= 0.3 is 18.0 Å². The van der Waals surface area contributed by atoms with E-state index in [9.17, 15) is 50.7 Å². The summed E-state index contributed by atoms with van der Waals surface area (Å²) in [5.74, 6) is -15.8. The number of carbonyl (C=O) groups is 1. The van der Waals surface area contributed by atoms with Gasteiger partial charge in [-0.2, -0.15) is 30.7 Å². The number of halogens is 8. The van der Waals surface area contributed by atoms with E-state index in [0.717, 1.165) is 4.68 Å². The van der Waals surface area contributed by atoms with Crippen molar-refractivity contribution in [3.05, 3.63) is 51.5 Å². The Bertz CT molecular complexity index is 1530. The molecule has 1 aromatic carbocycles. The number of pyridine rings is 1. The third kappa shape index (κ3) is 7.16. The number of hydrogen-bond acceptors (Lipinski definition) is 10. The molecule has 0 aliphatic rings. The number of non-ortho nitro benzene ring substituents is 1. The van der Waals surface area contributed by atoms with Gasteiger partial charge in [-0.3, -0.25) is 19.9 Å². The number of primary amides is 1. The molecule has 0 radical (unpaired) electrons. The van der Waals surface area contributed by atoms with Crippen LogP contribution in [-0.2, 0) is 17.2 Å². The molecule has 0 fully saturated rings. The van der Waals surface area contributed by atoms with E-state index >= 15 is 4.39 Å². The number of amides is 1. The molecule has 12 nitrogen and oxygen atoms in total. The van der Waals surface area contributed by atoms with E-state index in [4.69, 9.17) is 10.5 Å². The first-order valence-corrected chi connectivity index (χ1v) is 12.3. The van der Waals surface area contributed by atoms with E-state index in [2.05, 4.69) is 20.5 Å². The molecule has 0 saturated heterocycles. The summed E-state index contributed by atoms with van der Waals surface area (Å²) in [4.78, 5) is 25.6. The maximum Gasteiger partial charge on any atom is 0.460 e. The molecular weight excluding hydrogens is 626 g/mol. The van der Waals surface area contributed by atoms with Crippen LogP contribution in [0.25, 0.3) is 11.3 Å². The summed E-state index contributed by atoms with van der Waals surface area (Å²) in [7, 11) is 0. The Hall–Kier alpha value is -3.98. The molecule has 2 heterocycles. The Kier molecular flexibility index (Phi) is 9.32. The summed E-state index contributed by atoms with van der Waals surface area (Å²) >= 11 is 0.482. The maximum absolute atomic E-state index is 15.2. The highest BCUT2D eigenvalue weighted by molar-refractivity contribution is 7.99. The van der Waals surface area contributed by atoms with Crippen LogP contribution in [0.1, 0.15) is 29.8 Å². The minimum atomic E-state index is -6.71. The van der Waals surface area contributed by atoms with E-state index < -0.39 is 73.2 Å². The first kappa shape index (κ1) is 33.5. The second-order valence-corrected chi connectivity index (χ2v) is 10.3. The van der Waals surface area contributed by atoms with E-state index in [1.165, 1.54) is 13.8 Å². The van der Waals surface area contributed by atoms with Gasteiger partial charge in [0.1, 0.15) is 11.5 Å². The van der Waals surface area contributed by atoms with Gasteiger partial charge in [0.25, 0.3) is 5.69 Å². The molecule has 0 bridgehead atoms. The number of nitro groups is 1. The number of ether oxygens (including phenoxy) is 1. The molecule has 0 spiro atoms. The van der Waals surface area contributed by atoms with Crippen LogP contribution in [0, 0.1) is 15.9 Å². The van der Waals surface area contributed by atoms with E-state index in [0.29, 0.717) is 23.9 Å². The average Bonchev–Trinajstić information content (AvgIpc) is 3.31. The second-order valence-electron chi connectivity index (χ2n) is 9.34. The second kappa shape index (κ2) is 12.0. The normalized spacial score (nSPS) is 12.9. The molecule has 3 N–H and O–H groups in total. The lowest BCUT2D eigenvalue weighted by Crippen LogP contribution is -2.50. The molecule has 3 rings (SSSR count). The van der Waals surface area contributed by atoms with Crippen molar-refractivity contribution in [2.24, 2.45) is 5.73 Å². The lowest BCUT2D eigenvalue weighted by molar-refractivity contribution is -0.384. The Morgan fingerprint density at radius 1 is 1.16 bits per heavy atom. The molecule has 2 aromatic heterocycles. The number of nitrogens with two attached hydrogens (primary N) is 1. The number of rotatable bonds is 12. The molecule has 0 aliphatic heterocycles. The van der Waals surface area contributed by atoms with Crippen LogP contribution in [0.3, 0.4) is 0 Å². The minimum absolute atomic E-state index is 0.0488. The molecular formula is C22H19F8N7O5S. The summed E-state index contributed by atoms with van der Waals surface area (Å²) in [6, 6.07) is 0.991. The molecule has 0 unspecified atom stereocenters. The van der Waals surface area contributed by atoms with Crippen molar-refractivity contribution >= 4 is 23.4 Å². The van der Waals surface area contributed by atoms with Crippen molar-refractivity contribution in [3.8, 4) is 11.3 Å². The number of alkyl halides is 7. The SMILES string of the molecule is CC(C)(O)COCCn1nnnc1Sc1c(C(N)=O)cc([N+](=O)[O-])cc1-c1ncc(C(F)(F)C(F)(F)C(F)(F)F)cc1F. The van der Waals surface area contributed by atoms with Crippen molar-refractivity contribution in [2.45, 2.75) is 54.1 Å². The largest absolute Gasteiger partial charge is 0.460 e. The van der Waals surface area contributed by atoms with Crippen LogP contribution < -0.4 is 5.73 Å². The third-order valence-electron chi connectivity index (χ3n) is 5.35. The zero-order valence-corrected chi connectivity index (χ0v) is 22.5. The Morgan fingerprint density at radius 2 is 1.81 bits per heavy atom. The molecule has 1 amide bonds. The highest BCUT2D eigenvalue weighted by atomic mass is 32.2. The smallest absolute Gasteiger partial charge is 0.388 e. The number of nitrogens with zero attached hydrogens (tertiary/aromatic N) is 6. The number of aromatic nitrogens is 5. The fraction of sp³-hybridized carbons (Fsp3) is 0.409. The van der Waals surface area contributed by atoms with Crippen molar-refractivity contribution < 1.29 is 54.7 Å². The summed E-state index contributed by atoms with van der Waals surface area (Å²) in [5.41, 5.74) is -1.15. The predicted octanol–water partition coefficient (Wildman–Crippen LogP) is 4.11. The fourth-order valence-electron chi connectivity index (χ4n) is 3.33. The monoisotopic (exact) mass is 645 g/mol. The maximum atomic E-state index is 15.2. The molecule has 43 heavy (non-hydrogen) atoms. The van der Waals surface area contributed by atoms with Gasteiger partial charge in [-0.25, -0.2) is 9.07 Å². The third-order valence-corrected chi connectivity index (χ3v) is 6.47. The molecule has 234 valence electrons. The number of aliphatic hydroxyl groups is 1. The first-order chi connectivity index (χ1) is 19.7. The van der Waals surface area contributed by atoms with Crippen molar-refractivity contribution in [3.63, 3.8) is 0 Å². The molecule has 0 atom stereocenters. The van der Waals surface area contributed by atoms with Crippen molar-refractivity contribution in [2.75, 3.05) is 13.2 Å². The Labute approximate surface area is 239 Å². The van der Waals surface area contributed by atoms with Crippen LogP contribution in [0.5, 0.6) is 0 Å². The van der Waals surface area contributed by atoms with Crippen LogP contribution in [0.15, 0.2) is 34.4 Å². The molecule has 0 aliphatic carbocycles. The summed E-state index contributed by atoms with van der Waals surface area (Å²) < 4.78 is 115. The van der Waals surface area contributed by atoms with Gasteiger partial charge in [-0.05, 0) is 42.1 Å². The van der Waals surface area contributed by atoms with Gasteiger partial charge in [0.05, 0.1) is 35.8 Å². The van der Waals surface area contributed by atoms with Crippen molar-refractivity contribution in [1.82, 2.24) is 25.2 Å². The number of hydrogen-bond donors (Lipinski definition) is 2. The van der Waals surface area contributed by atoms with Crippen LogP contribution in [0.4, 0.5) is 40.8 Å². The number of nitro benzene ring substituents is 1. The van der Waals surface area contributed by atoms with Crippen LogP contribution >= 0.6 is 11.8 Å². The van der Waals surface area contributed by atoms with E-state index in [-0.39, 0.29) is 37.2 Å². The predicted molar refractivity (Wildman–Crippen MR) is 129 cm³/mol. The van der Waals surface area contributed by atoms with E-state index in [1.807, 2.05) is 0 Å². The van der Waals surface area contributed by atoms with Gasteiger partial charge < -0.3 is 15.6 Å². The van der Waals surface area contributed by atoms with Gasteiger partial charge in [0.2, 0.25) is 11.1 Å². The number of benzene rings is 1. The number of carbonyl (C=O) groups excluding carboxylic acids is 1. The summed E-state index contributed by atoms with van der Waals surface area (Å²) in [6.45, 7) is 2.78. The highest BCUT2D eigenvalue weighted by Crippen LogP contribution is 2.52. The fourth-order valence-corrected chi connectivity index (χ4v) is 4.36. The molecule has 3 aromatic rings. The zero-order valence-electron chi connectivity index (χ0n) is 21.7. The summed E-state index contributed by atoms with van der Waals surface area (Å²) in [5, 5.41) is 32.0.